The minimum Gasteiger partial charge on any atom is -0.384 e. The van der Waals surface area contributed by atoms with Gasteiger partial charge < -0.3 is 11.5 Å². The molecule has 3 nitrogen and oxygen atoms in total. The normalized spacial score (nSPS) is 21.3. The van der Waals surface area contributed by atoms with Crippen molar-refractivity contribution in [2.45, 2.75) is 38.1 Å². The van der Waals surface area contributed by atoms with Crippen molar-refractivity contribution in [1.29, 1.82) is 0 Å². The van der Waals surface area contributed by atoms with Gasteiger partial charge in [0.25, 0.3) is 0 Å². The van der Waals surface area contributed by atoms with Crippen LogP contribution in [0.15, 0.2) is 30.0 Å². The lowest BCUT2D eigenvalue weighted by Gasteiger charge is -2.07. The number of pyridine rings is 1. The summed E-state index contributed by atoms with van der Waals surface area (Å²) in [5.74, 6) is 0.594. The van der Waals surface area contributed by atoms with E-state index in [4.69, 9.17) is 11.5 Å². The Hall–Kier alpha value is -1.35. The van der Waals surface area contributed by atoms with Crippen molar-refractivity contribution in [2.75, 3.05) is 5.73 Å². The molecule has 0 saturated carbocycles. The average molecular weight is 217 g/mol. The Bertz CT molecular complexity index is 385. The molecule has 3 heteroatoms. The van der Waals surface area contributed by atoms with Gasteiger partial charge in [-0.2, -0.15) is 0 Å². The SMILES string of the molecule is Nc1cc(CC2=CC(N)CCCC2)ccn1. The fraction of sp³-hybridized carbons (Fsp3) is 0.462. The molecule has 0 aliphatic heterocycles. The summed E-state index contributed by atoms with van der Waals surface area (Å²) in [5, 5.41) is 0. The van der Waals surface area contributed by atoms with Crippen LogP contribution in [0.5, 0.6) is 0 Å². The summed E-state index contributed by atoms with van der Waals surface area (Å²) >= 11 is 0. The fourth-order valence-corrected chi connectivity index (χ4v) is 2.22. The molecule has 1 unspecified atom stereocenters. The predicted molar refractivity (Wildman–Crippen MR) is 66.9 cm³/mol. The first-order valence-electron chi connectivity index (χ1n) is 5.89. The lowest BCUT2D eigenvalue weighted by atomic mass is 10.0. The molecule has 1 heterocycles. The van der Waals surface area contributed by atoms with Crippen LogP contribution in [0.3, 0.4) is 0 Å². The number of rotatable bonds is 2. The zero-order valence-corrected chi connectivity index (χ0v) is 9.52. The molecule has 1 aliphatic rings. The van der Waals surface area contributed by atoms with Crippen molar-refractivity contribution in [3.05, 3.63) is 35.5 Å². The van der Waals surface area contributed by atoms with Crippen molar-refractivity contribution in [3.63, 3.8) is 0 Å². The second kappa shape index (κ2) is 5.12. The van der Waals surface area contributed by atoms with Gasteiger partial charge in [0.1, 0.15) is 5.82 Å². The number of nitrogens with zero attached hydrogens (tertiary/aromatic N) is 1. The quantitative estimate of drug-likeness (QED) is 0.745. The molecule has 1 aromatic heterocycles. The van der Waals surface area contributed by atoms with Crippen LogP contribution in [0, 0.1) is 0 Å². The largest absolute Gasteiger partial charge is 0.384 e. The van der Waals surface area contributed by atoms with E-state index >= 15 is 0 Å². The van der Waals surface area contributed by atoms with E-state index in [1.165, 1.54) is 24.0 Å². The summed E-state index contributed by atoms with van der Waals surface area (Å²) in [6.07, 6.45) is 9.71. The molecule has 0 aromatic carbocycles. The van der Waals surface area contributed by atoms with Gasteiger partial charge in [0.15, 0.2) is 0 Å². The topological polar surface area (TPSA) is 64.9 Å². The zero-order valence-electron chi connectivity index (χ0n) is 9.52. The van der Waals surface area contributed by atoms with Gasteiger partial charge in [-0.15, -0.1) is 0 Å². The van der Waals surface area contributed by atoms with Gasteiger partial charge in [0.05, 0.1) is 0 Å². The number of aromatic nitrogens is 1. The van der Waals surface area contributed by atoms with Crippen molar-refractivity contribution in [1.82, 2.24) is 4.98 Å². The molecule has 0 fully saturated rings. The maximum Gasteiger partial charge on any atom is 0.123 e. The van der Waals surface area contributed by atoms with E-state index in [1.54, 1.807) is 6.20 Å². The number of hydrogen-bond donors (Lipinski definition) is 2. The van der Waals surface area contributed by atoms with Gasteiger partial charge in [0.2, 0.25) is 0 Å². The first kappa shape index (κ1) is 11.1. The van der Waals surface area contributed by atoms with E-state index in [0.29, 0.717) is 5.82 Å². The molecule has 0 saturated heterocycles. The molecule has 16 heavy (non-hydrogen) atoms. The Morgan fingerprint density at radius 3 is 3.06 bits per heavy atom. The van der Waals surface area contributed by atoms with Crippen LogP contribution in [0.25, 0.3) is 0 Å². The van der Waals surface area contributed by atoms with Crippen LogP contribution in [-0.4, -0.2) is 11.0 Å². The Labute approximate surface area is 96.6 Å². The molecule has 4 N–H and O–H groups in total. The van der Waals surface area contributed by atoms with Gasteiger partial charge in [-0.25, -0.2) is 4.98 Å². The lowest BCUT2D eigenvalue weighted by Crippen LogP contribution is -2.16. The maximum atomic E-state index is 6.00. The van der Waals surface area contributed by atoms with E-state index in [1.807, 2.05) is 12.1 Å². The summed E-state index contributed by atoms with van der Waals surface area (Å²) < 4.78 is 0. The maximum absolute atomic E-state index is 6.00. The van der Waals surface area contributed by atoms with E-state index in [0.717, 1.165) is 19.3 Å². The van der Waals surface area contributed by atoms with E-state index in [9.17, 15) is 0 Å². The minimum atomic E-state index is 0.233. The summed E-state index contributed by atoms with van der Waals surface area (Å²) in [5.41, 5.74) is 14.3. The first-order chi connectivity index (χ1) is 7.74. The summed E-state index contributed by atoms with van der Waals surface area (Å²) in [4.78, 5) is 4.00. The number of allylic oxidation sites excluding steroid dienone is 1. The molecule has 0 amide bonds. The standard InChI is InChI=1S/C13H19N3/c14-12-4-2-1-3-10(8-12)7-11-5-6-16-13(15)9-11/h5-6,8-9,12H,1-4,7,14H2,(H2,15,16). The van der Waals surface area contributed by atoms with Gasteiger partial charge >= 0.3 is 0 Å². The molecule has 86 valence electrons. The molecule has 1 atom stereocenters. The molecular formula is C13H19N3. The zero-order chi connectivity index (χ0) is 11.4. The second-order valence-electron chi connectivity index (χ2n) is 4.50. The van der Waals surface area contributed by atoms with Gasteiger partial charge in [-0.3, -0.25) is 0 Å². The van der Waals surface area contributed by atoms with Crippen molar-refractivity contribution in [2.24, 2.45) is 5.73 Å². The highest BCUT2D eigenvalue weighted by molar-refractivity contribution is 5.34. The van der Waals surface area contributed by atoms with Crippen LogP contribution in [0.4, 0.5) is 5.82 Å². The van der Waals surface area contributed by atoms with Gasteiger partial charge in [-0.1, -0.05) is 18.1 Å². The van der Waals surface area contributed by atoms with Crippen molar-refractivity contribution in [3.8, 4) is 0 Å². The highest BCUT2D eigenvalue weighted by atomic mass is 14.8. The van der Waals surface area contributed by atoms with E-state index < -0.39 is 0 Å². The second-order valence-corrected chi connectivity index (χ2v) is 4.50. The third-order valence-corrected chi connectivity index (χ3v) is 3.01. The third-order valence-electron chi connectivity index (χ3n) is 3.01. The number of nitrogen functional groups attached to an aromatic ring is 1. The molecule has 1 aliphatic carbocycles. The summed E-state index contributed by atoms with van der Waals surface area (Å²) in [6, 6.07) is 4.20. The van der Waals surface area contributed by atoms with E-state index in [-0.39, 0.29) is 6.04 Å². The van der Waals surface area contributed by atoms with Gasteiger partial charge in [0, 0.05) is 12.2 Å². The Morgan fingerprint density at radius 1 is 1.38 bits per heavy atom. The summed E-state index contributed by atoms with van der Waals surface area (Å²) in [6.45, 7) is 0. The molecule has 1 aromatic rings. The highest BCUT2D eigenvalue weighted by Gasteiger charge is 2.09. The smallest absolute Gasteiger partial charge is 0.123 e. The highest BCUT2D eigenvalue weighted by Crippen LogP contribution is 2.20. The predicted octanol–water partition coefficient (Wildman–Crippen LogP) is 2.03. The monoisotopic (exact) mass is 217 g/mol. The number of hydrogen-bond acceptors (Lipinski definition) is 3. The molecular weight excluding hydrogens is 198 g/mol. The Balaban J connectivity index is 2.08. The Kier molecular flexibility index (Phi) is 3.57. The van der Waals surface area contributed by atoms with Crippen molar-refractivity contribution >= 4 is 5.82 Å². The van der Waals surface area contributed by atoms with Crippen molar-refractivity contribution < 1.29 is 0 Å². The molecule has 0 radical (unpaired) electrons. The lowest BCUT2D eigenvalue weighted by molar-refractivity contribution is 0.654. The molecule has 0 bridgehead atoms. The van der Waals surface area contributed by atoms with Crippen LogP contribution >= 0.6 is 0 Å². The Morgan fingerprint density at radius 2 is 2.25 bits per heavy atom. The average Bonchev–Trinajstić information content (AvgIpc) is 2.43. The van der Waals surface area contributed by atoms with Crippen LogP contribution in [0.2, 0.25) is 0 Å². The molecule has 0 spiro atoms. The molecule has 2 rings (SSSR count). The van der Waals surface area contributed by atoms with Crippen LogP contribution in [-0.2, 0) is 6.42 Å². The first-order valence-corrected chi connectivity index (χ1v) is 5.89. The summed E-state index contributed by atoms with van der Waals surface area (Å²) in [7, 11) is 0. The van der Waals surface area contributed by atoms with Gasteiger partial charge in [-0.05, 0) is 43.4 Å². The third kappa shape index (κ3) is 3.07. The number of anilines is 1. The van der Waals surface area contributed by atoms with Crippen LogP contribution in [0.1, 0.15) is 31.2 Å². The van der Waals surface area contributed by atoms with E-state index in [2.05, 4.69) is 11.1 Å². The number of nitrogens with two attached hydrogens (primary N) is 2. The van der Waals surface area contributed by atoms with Crippen LogP contribution < -0.4 is 11.5 Å². The minimum absolute atomic E-state index is 0.233. The fourth-order valence-electron chi connectivity index (χ4n) is 2.22.